The maximum absolute atomic E-state index is 12.9. The number of hydrogen-bond donors (Lipinski definition) is 0. The van der Waals surface area contributed by atoms with Gasteiger partial charge in [-0.15, -0.1) is 0 Å². The third-order valence-electron chi connectivity index (χ3n) is 5.49. The molecule has 5 heteroatoms. The molecule has 5 nitrogen and oxygen atoms in total. The van der Waals surface area contributed by atoms with Crippen molar-refractivity contribution in [3.8, 4) is 11.5 Å². The Bertz CT molecular complexity index is 859. The van der Waals surface area contributed by atoms with Crippen molar-refractivity contribution in [2.24, 2.45) is 11.8 Å². The topological polar surface area (TPSA) is 55.8 Å². The summed E-state index contributed by atoms with van der Waals surface area (Å²) >= 11 is 0. The van der Waals surface area contributed by atoms with Crippen LogP contribution in [0.5, 0.6) is 11.5 Å². The third kappa shape index (κ3) is 4.03. The highest BCUT2D eigenvalue weighted by Gasteiger charge is 2.44. The molecule has 2 unspecified atom stereocenters. The molecule has 1 aliphatic rings. The molecule has 0 N–H and O–H groups in total. The van der Waals surface area contributed by atoms with Gasteiger partial charge in [0.1, 0.15) is 0 Å². The molecule has 0 aromatic heterocycles. The van der Waals surface area contributed by atoms with Crippen molar-refractivity contribution in [3.05, 3.63) is 59.2 Å². The number of benzene rings is 2. The fraction of sp³-hybridized carbons (Fsp3) is 0.391. The van der Waals surface area contributed by atoms with Crippen LogP contribution in [0.15, 0.2) is 42.5 Å². The normalized spacial score (nSPS) is 19.2. The second-order valence-corrected chi connectivity index (χ2v) is 7.35. The molecule has 2 aromatic carbocycles. The zero-order valence-corrected chi connectivity index (χ0v) is 16.9. The van der Waals surface area contributed by atoms with E-state index in [1.54, 1.807) is 14.2 Å². The number of likely N-dealkylation sites (tertiary alicyclic amines) is 1. The molecule has 1 aliphatic heterocycles. The van der Waals surface area contributed by atoms with Crippen LogP contribution in [0, 0.1) is 18.8 Å². The van der Waals surface area contributed by atoms with Crippen molar-refractivity contribution in [1.82, 2.24) is 4.90 Å². The lowest BCUT2D eigenvalue weighted by atomic mass is 9.90. The lowest BCUT2D eigenvalue weighted by Gasteiger charge is -2.16. The maximum atomic E-state index is 12.9. The molecular formula is C23H27NO4. The minimum atomic E-state index is -0.292. The van der Waals surface area contributed by atoms with Gasteiger partial charge in [0.2, 0.25) is 11.8 Å². The number of amides is 2. The number of hydrogen-bond acceptors (Lipinski definition) is 4. The van der Waals surface area contributed by atoms with Crippen LogP contribution in [-0.4, -0.2) is 37.5 Å². The summed E-state index contributed by atoms with van der Waals surface area (Å²) in [5.41, 5.74) is 3.26. The van der Waals surface area contributed by atoms with Gasteiger partial charge in [0.15, 0.2) is 11.5 Å². The van der Waals surface area contributed by atoms with Crippen molar-refractivity contribution >= 4 is 11.8 Å². The van der Waals surface area contributed by atoms with Crippen molar-refractivity contribution in [2.75, 3.05) is 20.8 Å². The maximum Gasteiger partial charge on any atom is 0.233 e. The van der Waals surface area contributed by atoms with Crippen LogP contribution in [0.4, 0.5) is 0 Å². The molecule has 2 amide bonds. The van der Waals surface area contributed by atoms with E-state index in [0.29, 0.717) is 30.9 Å². The fourth-order valence-electron chi connectivity index (χ4n) is 3.68. The Balaban J connectivity index is 1.68. The summed E-state index contributed by atoms with van der Waals surface area (Å²) in [4.78, 5) is 27.0. The highest BCUT2D eigenvalue weighted by molar-refractivity contribution is 6.05. The quantitative estimate of drug-likeness (QED) is 0.690. The van der Waals surface area contributed by atoms with Gasteiger partial charge in [-0.25, -0.2) is 0 Å². The molecule has 0 saturated carbocycles. The number of aryl methyl sites for hydroxylation is 1. The first-order valence-electron chi connectivity index (χ1n) is 9.56. The molecule has 148 valence electrons. The van der Waals surface area contributed by atoms with Crippen LogP contribution in [0.1, 0.15) is 23.6 Å². The summed E-state index contributed by atoms with van der Waals surface area (Å²) in [5, 5.41) is 0. The second kappa shape index (κ2) is 8.46. The first-order valence-corrected chi connectivity index (χ1v) is 9.56. The van der Waals surface area contributed by atoms with Gasteiger partial charge in [-0.1, -0.05) is 42.8 Å². The van der Waals surface area contributed by atoms with Gasteiger partial charge in [0.05, 0.1) is 20.1 Å². The molecule has 0 bridgehead atoms. The van der Waals surface area contributed by atoms with E-state index in [-0.39, 0.29) is 23.7 Å². The molecule has 3 rings (SSSR count). The molecular weight excluding hydrogens is 354 g/mol. The molecule has 0 aliphatic carbocycles. The van der Waals surface area contributed by atoms with E-state index in [9.17, 15) is 9.59 Å². The number of imide groups is 1. The average Bonchev–Trinajstić information content (AvgIpc) is 2.91. The predicted molar refractivity (Wildman–Crippen MR) is 108 cm³/mol. The standard InChI is InChI=1S/C23H27NO4/c1-15-5-7-17(8-6-15)13-19-16(2)22(25)24(23(19)26)12-11-18-9-10-20(27-3)21(14-18)28-4/h5-10,14,16,19H,11-13H2,1-4H3. The van der Waals surface area contributed by atoms with E-state index >= 15 is 0 Å². The molecule has 1 fully saturated rings. The van der Waals surface area contributed by atoms with Crippen LogP contribution in [-0.2, 0) is 22.4 Å². The Morgan fingerprint density at radius 1 is 0.893 bits per heavy atom. The Morgan fingerprint density at radius 2 is 1.54 bits per heavy atom. The van der Waals surface area contributed by atoms with Gasteiger partial charge in [-0.3, -0.25) is 14.5 Å². The van der Waals surface area contributed by atoms with E-state index < -0.39 is 0 Å². The molecule has 28 heavy (non-hydrogen) atoms. The van der Waals surface area contributed by atoms with Gasteiger partial charge in [0, 0.05) is 12.5 Å². The van der Waals surface area contributed by atoms with E-state index in [1.165, 1.54) is 10.5 Å². The second-order valence-electron chi connectivity index (χ2n) is 7.35. The Labute approximate surface area is 166 Å². The highest BCUT2D eigenvalue weighted by Crippen LogP contribution is 2.31. The molecule has 0 spiro atoms. The zero-order valence-electron chi connectivity index (χ0n) is 16.9. The minimum Gasteiger partial charge on any atom is -0.493 e. The van der Waals surface area contributed by atoms with Gasteiger partial charge in [-0.2, -0.15) is 0 Å². The summed E-state index contributed by atoms with van der Waals surface area (Å²) in [5.74, 6) is 0.567. The van der Waals surface area contributed by atoms with Crippen molar-refractivity contribution in [1.29, 1.82) is 0 Å². The smallest absolute Gasteiger partial charge is 0.233 e. The first-order chi connectivity index (χ1) is 13.4. The van der Waals surface area contributed by atoms with E-state index in [0.717, 1.165) is 11.1 Å². The van der Waals surface area contributed by atoms with Gasteiger partial charge in [-0.05, 0) is 43.0 Å². The third-order valence-corrected chi connectivity index (χ3v) is 5.49. The summed E-state index contributed by atoms with van der Waals surface area (Å²) in [7, 11) is 3.18. The van der Waals surface area contributed by atoms with E-state index in [2.05, 4.69) is 0 Å². The van der Waals surface area contributed by atoms with Crippen molar-refractivity contribution < 1.29 is 19.1 Å². The van der Waals surface area contributed by atoms with Gasteiger partial charge < -0.3 is 9.47 Å². The Morgan fingerprint density at radius 3 is 2.18 bits per heavy atom. The number of ether oxygens (including phenoxy) is 2. The van der Waals surface area contributed by atoms with Crippen molar-refractivity contribution in [3.63, 3.8) is 0 Å². The fourth-order valence-corrected chi connectivity index (χ4v) is 3.68. The van der Waals surface area contributed by atoms with Crippen LogP contribution < -0.4 is 9.47 Å². The Hall–Kier alpha value is -2.82. The number of nitrogens with zero attached hydrogens (tertiary/aromatic N) is 1. The monoisotopic (exact) mass is 381 g/mol. The predicted octanol–water partition coefficient (Wildman–Crippen LogP) is 3.42. The molecule has 1 heterocycles. The molecule has 1 saturated heterocycles. The lowest BCUT2D eigenvalue weighted by molar-refractivity contribution is -0.139. The summed E-state index contributed by atoms with van der Waals surface area (Å²) in [6.07, 6.45) is 1.18. The molecule has 2 aromatic rings. The van der Waals surface area contributed by atoms with Crippen LogP contribution in [0.2, 0.25) is 0 Å². The molecule has 0 radical (unpaired) electrons. The van der Waals surface area contributed by atoms with Crippen LogP contribution in [0.3, 0.4) is 0 Å². The Kier molecular flexibility index (Phi) is 6.02. The first kappa shape index (κ1) is 19.9. The number of carbonyl (C=O) groups excluding carboxylic acids is 2. The van der Waals surface area contributed by atoms with Crippen LogP contribution in [0.25, 0.3) is 0 Å². The SMILES string of the molecule is COc1ccc(CCN2C(=O)C(C)C(Cc3ccc(C)cc3)C2=O)cc1OC. The molecule has 2 atom stereocenters. The van der Waals surface area contributed by atoms with E-state index in [1.807, 2.05) is 56.3 Å². The van der Waals surface area contributed by atoms with Gasteiger partial charge >= 0.3 is 0 Å². The average molecular weight is 381 g/mol. The van der Waals surface area contributed by atoms with Gasteiger partial charge in [0.25, 0.3) is 0 Å². The van der Waals surface area contributed by atoms with Crippen molar-refractivity contribution in [2.45, 2.75) is 26.7 Å². The number of carbonyl (C=O) groups is 2. The lowest BCUT2D eigenvalue weighted by Crippen LogP contribution is -2.33. The zero-order chi connectivity index (χ0) is 20.3. The van der Waals surface area contributed by atoms with E-state index in [4.69, 9.17) is 9.47 Å². The summed E-state index contributed by atoms with van der Waals surface area (Å²) in [6, 6.07) is 13.8. The largest absolute Gasteiger partial charge is 0.493 e. The number of methoxy groups -OCH3 is 2. The minimum absolute atomic E-state index is 0.0708. The number of rotatable bonds is 7. The van der Waals surface area contributed by atoms with Crippen LogP contribution >= 0.6 is 0 Å². The summed E-state index contributed by atoms with van der Waals surface area (Å²) < 4.78 is 10.6. The summed E-state index contributed by atoms with van der Waals surface area (Å²) in [6.45, 7) is 4.27. The highest BCUT2D eigenvalue weighted by atomic mass is 16.5.